The summed E-state index contributed by atoms with van der Waals surface area (Å²) in [7, 11) is 0. The van der Waals surface area contributed by atoms with Crippen molar-refractivity contribution < 1.29 is 9.32 Å². The molecule has 154 valence electrons. The van der Waals surface area contributed by atoms with Crippen LogP contribution < -0.4 is 0 Å². The summed E-state index contributed by atoms with van der Waals surface area (Å²) in [5.74, 6) is 1.56. The first kappa shape index (κ1) is 19.0. The summed E-state index contributed by atoms with van der Waals surface area (Å²) in [5, 5.41) is 11.7. The lowest BCUT2D eigenvalue weighted by molar-refractivity contribution is 0.0709. The summed E-state index contributed by atoms with van der Waals surface area (Å²) in [6, 6.07) is 10.2. The second-order valence-electron chi connectivity index (χ2n) is 7.96. The topological polar surface area (TPSA) is 77.0 Å². The molecule has 0 spiro atoms. The first-order valence-electron chi connectivity index (χ1n) is 10.2. The van der Waals surface area contributed by atoms with E-state index < -0.39 is 0 Å². The molecule has 8 heteroatoms. The van der Waals surface area contributed by atoms with E-state index in [-0.39, 0.29) is 17.9 Å². The fourth-order valence-electron chi connectivity index (χ4n) is 3.99. The molecule has 30 heavy (non-hydrogen) atoms. The Morgan fingerprint density at radius 1 is 1.23 bits per heavy atom. The smallest absolute Gasteiger partial charge is 0.263 e. The third kappa shape index (κ3) is 3.41. The van der Waals surface area contributed by atoms with E-state index in [1.807, 2.05) is 45.4 Å². The van der Waals surface area contributed by atoms with E-state index in [9.17, 15) is 4.79 Å². The second kappa shape index (κ2) is 7.68. The van der Waals surface area contributed by atoms with E-state index in [1.54, 1.807) is 0 Å². The SMILES string of the molecule is CC(C)n1ncc2ccc(-c3noc(C4CCN(C(=O)c5cccs5)CC4)n3)cc21. The Balaban J connectivity index is 1.31. The van der Waals surface area contributed by atoms with Crippen molar-refractivity contribution in [2.45, 2.75) is 38.6 Å². The van der Waals surface area contributed by atoms with Gasteiger partial charge in [-0.05, 0) is 44.2 Å². The molecule has 7 nitrogen and oxygen atoms in total. The Bertz CT molecular complexity index is 1170. The Labute approximate surface area is 178 Å². The fraction of sp³-hybridized carbons (Fsp3) is 0.364. The average Bonchev–Trinajstić information content (AvgIpc) is 3.53. The van der Waals surface area contributed by atoms with Crippen LogP contribution in [0.4, 0.5) is 0 Å². The zero-order valence-electron chi connectivity index (χ0n) is 17.0. The lowest BCUT2D eigenvalue weighted by atomic mass is 9.96. The molecule has 4 heterocycles. The van der Waals surface area contributed by atoms with Crippen LogP contribution in [0.15, 0.2) is 46.4 Å². The van der Waals surface area contributed by atoms with E-state index in [4.69, 9.17) is 4.52 Å². The lowest BCUT2D eigenvalue weighted by Crippen LogP contribution is -2.37. The van der Waals surface area contributed by atoms with Crippen molar-refractivity contribution in [3.8, 4) is 11.4 Å². The van der Waals surface area contributed by atoms with Crippen LogP contribution in [0.25, 0.3) is 22.3 Å². The number of nitrogens with zero attached hydrogens (tertiary/aromatic N) is 5. The number of hydrogen-bond donors (Lipinski definition) is 0. The molecule has 0 saturated carbocycles. The standard InChI is InChI=1S/C22H23N5O2S/c1-14(2)27-18-12-16(5-6-17(18)13-23-27)20-24-21(29-25-20)15-7-9-26(10-8-15)22(28)19-4-3-11-30-19/h3-6,11-15H,7-10H2,1-2H3. The van der Waals surface area contributed by atoms with Crippen LogP contribution in [0, 0.1) is 0 Å². The molecule has 1 amide bonds. The van der Waals surface area contributed by atoms with Crippen LogP contribution in [-0.2, 0) is 0 Å². The average molecular weight is 422 g/mol. The highest BCUT2D eigenvalue weighted by Crippen LogP contribution is 2.30. The number of thiophene rings is 1. The number of likely N-dealkylation sites (tertiary alicyclic amines) is 1. The van der Waals surface area contributed by atoms with Gasteiger partial charge in [-0.2, -0.15) is 10.1 Å². The first-order valence-corrected chi connectivity index (χ1v) is 11.1. The molecule has 0 radical (unpaired) electrons. The molecule has 0 unspecified atom stereocenters. The Kier molecular flexibility index (Phi) is 4.86. The van der Waals surface area contributed by atoms with Crippen molar-refractivity contribution in [1.29, 1.82) is 0 Å². The van der Waals surface area contributed by atoms with Crippen molar-refractivity contribution >= 4 is 28.1 Å². The molecular formula is C22H23N5O2S. The molecule has 4 aromatic rings. The van der Waals surface area contributed by atoms with Crippen LogP contribution in [0.2, 0.25) is 0 Å². The maximum absolute atomic E-state index is 12.5. The highest BCUT2D eigenvalue weighted by molar-refractivity contribution is 7.12. The summed E-state index contributed by atoms with van der Waals surface area (Å²) < 4.78 is 7.61. The predicted octanol–water partition coefficient (Wildman–Crippen LogP) is 4.75. The second-order valence-corrected chi connectivity index (χ2v) is 8.90. The summed E-state index contributed by atoms with van der Waals surface area (Å²) in [6.07, 6.45) is 3.54. The monoisotopic (exact) mass is 421 g/mol. The third-order valence-corrected chi connectivity index (χ3v) is 6.51. The van der Waals surface area contributed by atoms with Gasteiger partial charge in [0.2, 0.25) is 11.7 Å². The Hall–Kier alpha value is -3.00. The highest BCUT2D eigenvalue weighted by Gasteiger charge is 2.28. The fourth-order valence-corrected chi connectivity index (χ4v) is 4.68. The van der Waals surface area contributed by atoms with Gasteiger partial charge in [-0.3, -0.25) is 9.48 Å². The predicted molar refractivity (Wildman–Crippen MR) is 116 cm³/mol. The van der Waals surface area contributed by atoms with E-state index in [1.165, 1.54) is 11.3 Å². The van der Waals surface area contributed by atoms with E-state index in [0.29, 0.717) is 24.8 Å². The Morgan fingerprint density at radius 2 is 2.07 bits per heavy atom. The zero-order chi connectivity index (χ0) is 20.7. The van der Waals surface area contributed by atoms with Gasteiger partial charge in [0.05, 0.1) is 16.6 Å². The summed E-state index contributed by atoms with van der Waals surface area (Å²) in [4.78, 5) is 19.9. The molecule has 1 saturated heterocycles. The number of fused-ring (bicyclic) bond motifs is 1. The van der Waals surface area contributed by atoms with E-state index in [2.05, 4.69) is 35.2 Å². The molecule has 0 N–H and O–H groups in total. The summed E-state index contributed by atoms with van der Waals surface area (Å²) in [6.45, 7) is 5.64. The molecule has 1 aromatic carbocycles. The molecule has 1 fully saturated rings. The van der Waals surface area contributed by atoms with Gasteiger partial charge in [0, 0.05) is 36.0 Å². The molecule has 3 aromatic heterocycles. The number of piperidine rings is 1. The van der Waals surface area contributed by atoms with Crippen molar-refractivity contribution in [3.63, 3.8) is 0 Å². The van der Waals surface area contributed by atoms with Gasteiger partial charge in [-0.15, -0.1) is 11.3 Å². The lowest BCUT2D eigenvalue weighted by Gasteiger charge is -2.30. The van der Waals surface area contributed by atoms with E-state index in [0.717, 1.165) is 34.2 Å². The van der Waals surface area contributed by atoms with E-state index >= 15 is 0 Å². The highest BCUT2D eigenvalue weighted by atomic mass is 32.1. The molecule has 0 aliphatic carbocycles. The molecule has 5 rings (SSSR count). The van der Waals surface area contributed by atoms with Crippen LogP contribution in [0.5, 0.6) is 0 Å². The van der Waals surface area contributed by atoms with Crippen LogP contribution in [-0.4, -0.2) is 43.8 Å². The van der Waals surface area contributed by atoms with Gasteiger partial charge in [0.15, 0.2) is 0 Å². The minimum Gasteiger partial charge on any atom is -0.339 e. The van der Waals surface area contributed by atoms with Crippen molar-refractivity contribution in [1.82, 2.24) is 24.8 Å². The summed E-state index contributed by atoms with van der Waals surface area (Å²) in [5.41, 5.74) is 1.99. The summed E-state index contributed by atoms with van der Waals surface area (Å²) >= 11 is 1.49. The molecule has 1 aliphatic heterocycles. The number of carbonyl (C=O) groups excluding carboxylic acids is 1. The number of amides is 1. The maximum Gasteiger partial charge on any atom is 0.263 e. The number of hydrogen-bond acceptors (Lipinski definition) is 6. The minimum absolute atomic E-state index is 0.115. The van der Waals surface area contributed by atoms with Crippen molar-refractivity contribution in [2.24, 2.45) is 0 Å². The van der Waals surface area contributed by atoms with Crippen LogP contribution >= 0.6 is 11.3 Å². The number of aromatic nitrogens is 4. The normalized spacial score (nSPS) is 15.4. The number of carbonyl (C=O) groups is 1. The van der Waals surface area contributed by atoms with Gasteiger partial charge >= 0.3 is 0 Å². The zero-order valence-corrected chi connectivity index (χ0v) is 17.8. The molecule has 0 bridgehead atoms. The van der Waals surface area contributed by atoms with Crippen molar-refractivity contribution in [3.05, 3.63) is 52.7 Å². The molecular weight excluding hydrogens is 398 g/mol. The quantitative estimate of drug-likeness (QED) is 0.475. The first-order chi connectivity index (χ1) is 14.6. The maximum atomic E-state index is 12.5. The molecule has 0 atom stereocenters. The minimum atomic E-state index is 0.115. The van der Waals surface area contributed by atoms with Crippen LogP contribution in [0.1, 0.15) is 54.2 Å². The molecule has 1 aliphatic rings. The largest absolute Gasteiger partial charge is 0.339 e. The number of benzene rings is 1. The van der Waals surface area contributed by atoms with Gasteiger partial charge in [0.25, 0.3) is 5.91 Å². The van der Waals surface area contributed by atoms with Crippen LogP contribution in [0.3, 0.4) is 0 Å². The van der Waals surface area contributed by atoms with Gasteiger partial charge < -0.3 is 9.42 Å². The van der Waals surface area contributed by atoms with Gasteiger partial charge in [0.1, 0.15) is 0 Å². The number of rotatable bonds is 4. The van der Waals surface area contributed by atoms with Crippen molar-refractivity contribution in [2.75, 3.05) is 13.1 Å². The Morgan fingerprint density at radius 3 is 2.80 bits per heavy atom. The third-order valence-electron chi connectivity index (χ3n) is 5.65. The van der Waals surface area contributed by atoms with Gasteiger partial charge in [-0.1, -0.05) is 23.4 Å². The van der Waals surface area contributed by atoms with Gasteiger partial charge in [-0.25, -0.2) is 0 Å².